The molecule has 0 amide bonds. The Bertz CT molecular complexity index is 433. The zero-order valence-corrected chi connectivity index (χ0v) is 20.0. The van der Waals surface area contributed by atoms with E-state index in [1.807, 2.05) is 0 Å². The van der Waals surface area contributed by atoms with Gasteiger partial charge in [-0.05, 0) is 12.8 Å². The lowest BCUT2D eigenvalue weighted by Crippen LogP contribution is -2.10. The SMILES string of the molecule is CCCCCCCC(S)(S)c1nnc(C(S)(S)CCCCCCC)s1. The van der Waals surface area contributed by atoms with E-state index in [9.17, 15) is 0 Å². The molecule has 1 aromatic rings. The van der Waals surface area contributed by atoms with E-state index in [2.05, 4.69) is 24.0 Å². The van der Waals surface area contributed by atoms with Gasteiger partial charge in [0.05, 0.1) is 0 Å². The van der Waals surface area contributed by atoms with Crippen LogP contribution in [0.25, 0.3) is 0 Å². The van der Waals surface area contributed by atoms with Crippen molar-refractivity contribution in [1.82, 2.24) is 10.2 Å². The minimum atomic E-state index is -0.513. The second kappa shape index (κ2) is 12.4. The summed E-state index contributed by atoms with van der Waals surface area (Å²) in [6, 6.07) is 0. The van der Waals surface area contributed by atoms with Crippen LogP contribution in [-0.2, 0) is 8.16 Å². The lowest BCUT2D eigenvalue weighted by Gasteiger charge is -2.20. The van der Waals surface area contributed by atoms with E-state index in [1.165, 1.54) is 51.4 Å². The Kier molecular flexibility index (Phi) is 11.9. The highest BCUT2D eigenvalue weighted by Gasteiger charge is 2.32. The standard InChI is InChI=1S/C18H34N2S5/c1-3-5-7-9-11-13-17(21,22)15-19-20-16(25-15)18(23,24)14-12-10-8-6-4-2/h21-24H,3-14H2,1-2H3. The molecule has 0 saturated heterocycles. The fourth-order valence-corrected chi connectivity index (χ4v) is 4.95. The van der Waals surface area contributed by atoms with Crippen molar-refractivity contribution in [2.75, 3.05) is 0 Å². The van der Waals surface area contributed by atoms with Crippen molar-refractivity contribution in [2.45, 2.75) is 99.1 Å². The average Bonchev–Trinajstić information content (AvgIpc) is 3.06. The summed E-state index contributed by atoms with van der Waals surface area (Å²) in [5, 5.41) is 10.4. The Morgan fingerprint density at radius 3 is 1.36 bits per heavy atom. The van der Waals surface area contributed by atoms with Crippen LogP contribution in [0.2, 0.25) is 0 Å². The maximum absolute atomic E-state index is 4.74. The highest BCUT2D eigenvalue weighted by molar-refractivity contribution is 8.00. The molecule has 0 spiro atoms. The summed E-state index contributed by atoms with van der Waals surface area (Å²) in [6.07, 6.45) is 14.2. The molecule has 0 saturated carbocycles. The molecule has 0 N–H and O–H groups in total. The van der Waals surface area contributed by atoms with Gasteiger partial charge in [-0.2, -0.15) is 50.5 Å². The number of aromatic nitrogens is 2. The fraction of sp³-hybridized carbons (Fsp3) is 0.889. The van der Waals surface area contributed by atoms with E-state index in [0.717, 1.165) is 35.7 Å². The minimum Gasteiger partial charge on any atom is -0.155 e. The maximum Gasteiger partial charge on any atom is 0.143 e. The minimum absolute atomic E-state index is 0.513. The van der Waals surface area contributed by atoms with E-state index in [0.29, 0.717) is 0 Å². The lowest BCUT2D eigenvalue weighted by atomic mass is 10.1. The highest BCUT2D eigenvalue weighted by Crippen LogP contribution is 2.45. The molecule has 2 nitrogen and oxygen atoms in total. The molecule has 7 heteroatoms. The van der Waals surface area contributed by atoms with Gasteiger partial charge in [0.1, 0.15) is 18.2 Å². The second-order valence-electron chi connectivity index (χ2n) is 6.87. The predicted octanol–water partition coefficient (Wildman–Crippen LogP) is 7.28. The molecule has 0 aliphatic rings. The third kappa shape index (κ3) is 9.13. The van der Waals surface area contributed by atoms with Gasteiger partial charge < -0.3 is 0 Å². The highest BCUT2D eigenvalue weighted by atomic mass is 32.2. The number of nitrogens with zero attached hydrogens (tertiary/aromatic N) is 2. The van der Waals surface area contributed by atoms with E-state index in [-0.39, 0.29) is 0 Å². The normalized spacial score (nSPS) is 12.7. The zero-order valence-electron chi connectivity index (χ0n) is 15.6. The molecule has 25 heavy (non-hydrogen) atoms. The monoisotopic (exact) mass is 438 g/mol. The van der Waals surface area contributed by atoms with Crippen molar-refractivity contribution in [1.29, 1.82) is 0 Å². The van der Waals surface area contributed by atoms with Gasteiger partial charge in [-0.1, -0.05) is 89.4 Å². The molecule has 146 valence electrons. The molecular weight excluding hydrogens is 405 g/mol. The molecule has 0 atom stereocenters. The first-order valence-electron chi connectivity index (χ1n) is 9.57. The molecular formula is C18H34N2S5. The van der Waals surface area contributed by atoms with Crippen LogP contribution in [0.15, 0.2) is 0 Å². The van der Waals surface area contributed by atoms with Gasteiger partial charge in [-0.3, -0.25) is 0 Å². The Morgan fingerprint density at radius 2 is 1.00 bits per heavy atom. The number of hydrogen-bond acceptors (Lipinski definition) is 7. The lowest BCUT2D eigenvalue weighted by molar-refractivity contribution is 0.588. The first kappa shape index (κ1) is 24.0. The van der Waals surface area contributed by atoms with Crippen LogP contribution in [0.3, 0.4) is 0 Å². The third-order valence-electron chi connectivity index (χ3n) is 4.37. The van der Waals surface area contributed by atoms with Crippen molar-refractivity contribution in [2.24, 2.45) is 0 Å². The molecule has 0 aliphatic heterocycles. The molecule has 0 bridgehead atoms. The summed E-state index contributed by atoms with van der Waals surface area (Å²) in [5.74, 6) is 0. The summed E-state index contributed by atoms with van der Waals surface area (Å²) in [7, 11) is 0. The van der Waals surface area contributed by atoms with Crippen molar-refractivity contribution in [3.8, 4) is 0 Å². The van der Waals surface area contributed by atoms with Crippen LogP contribution in [0, 0.1) is 0 Å². The van der Waals surface area contributed by atoms with Crippen LogP contribution < -0.4 is 0 Å². The first-order valence-corrected chi connectivity index (χ1v) is 12.2. The van der Waals surface area contributed by atoms with Gasteiger partial charge in [0, 0.05) is 0 Å². The molecule has 1 aromatic heterocycles. The van der Waals surface area contributed by atoms with Gasteiger partial charge >= 0.3 is 0 Å². The maximum atomic E-state index is 4.74. The fourth-order valence-electron chi connectivity index (χ4n) is 2.71. The number of rotatable bonds is 14. The zero-order chi connectivity index (χ0) is 18.8. The van der Waals surface area contributed by atoms with Crippen LogP contribution in [-0.4, -0.2) is 10.2 Å². The van der Waals surface area contributed by atoms with Gasteiger partial charge in [-0.15, -0.1) is 10.2 Å². The molecule has 0 radical (unpaired) electrons. The summed E-state index contributed by atoms with van der Waals surface area (Å²) in [5.41, 5.74) is 0. The summed E-state index contributed by atoms with van der Waals surface area (Å²) < 4.78 is -1.03. The molecule has 0 aliphatic carbocycles. The molecule has 0 fully saturated rings. The van der Waals surface area contributed by atoms with Crippen molar-refractivity contribution < 1.29 is 0 Å². The number of hydrogen-bond donors (Lipinski definition) is 4. The molecule has 1 rings (SSSR count). The number of thiol groups is 4. The Balaban J connectivity index is 2.51. The van der Waals surface area contributed by atoms with Crippen LogP contribution in [0.1, 0.15) is 101 Å². The Labute approximate surface area is 180 Å². The van der Waals surface area contributed by atoms with Gasteiger partial charge in [0.15, 0.2) is 0 Å². The summed E-state index contributed by atoms with van der Waals surface area (Å²) in [4.78, 5) is 0. The Hall–Kier alpha value is 0.960. The molecule has 0 aromatic carbocycles. The summed E-state index contributed by atoms with van der Waals surface area (Å²) >= 11 is 20.5. The number of unbranched alkanes of at least 4 members (excludes halogenated alkanes) is 8. The predicted molar refractivity (Wildman–Crippen MR) is 126 cm³/mol. The van der Waals surface area contributed by atoms with Crippen molar-refractivity contribution >= 4 is 61.9 Å². The van der Waals surface area contributed by atoms with Crippen molar-refractivity contribution in [3.63, 3.8) is 0 Å². The molecule has 0 unspecified atom stereocenters. The van der Waals surface area contributed by atoms with E-state index >= 15 is 0 Å². The van der Waals surface area contributed by atoms with Crippen LogP contribution >= 0.6 is 61.9 Å². The first-order chi connectivity index (χ1) is 11.8. The van der Waals surface area contributed by atoms with Crippen LogP contribution in [0.5, 0.6) is 0 Å². The van der Waals surface area contributed by atoms with E-state index < -0.39 is 8.16 Å². The Morgan fingerprint density at radius 1 is 0.640 bits per heavy atom. The van der Waals surface area contributed by atoms with E-state index in [4.69, 9.17) is 50.5 Å². The molecule has 1 heterocycles. The largest absolute Gasteiger partial charge is 0.155 e. The van der Waals surface area contributed by atoms with Gasteiger partial charge in [0.25, 0.3) is 0 Å². The van der Waals surface area contributed by atoms with Crippen molar-refractivity contribution in [3.05, 3.63) is 10.0 Å². The third-order valence-corrected chi connectivity index (χ3v) is 7.96. The quantitative estimate of drug-likeness (QED) is 0.139. The topological polar surface area (TPSA) is 25.8 Å². The summed E-state index contributed by atoms with van der Waals surface area (Å²) in [6.45, 7) is 4.46. The average molecular weight is 439 g/mol. The van der Waals surface area contributed by atoms with Gasteiger partial charge in [-0.25, -0.2) is 0 Å². The smallest absolute Gasteiger partial charge is 0.143 e. The van der Waals surface area contributed by atoms with E-state index in [1.54, 1.807) is 11.3 Å². The van der Waals surface area contributed by atoms with Gasteiger partial charge in [0.2, 0.25) is 0 Å². The van der Waals surface area contributed by atoms with Crippen LogP contribution in [0.4, 0.5) is 0 Å². The second-order valence-corrected chi connectivity index (χ2v) is 11.6.